The van der Waals surface area contributed by atoms with Crippen LogP contribution in [0.2, 0.25) is 4.34 Å². The second kappa shape index (κ2) is 4.79. The second-order valence-electron chi connectivity index (χ2n) is 5.64. The third kappa shape index (κ3) is 2.07. The minimum absolute atomic E-state index is 0.417. The summed E-state index contributed by atoms with van der Waals surface area (Å²) >= 11 is 7.36. The summed E-state index contributed by atoms with van der Waals surface area (Å²) in [5.41, 5.74) is 2.53. The fraction of sp³-hybridized carbons (Fsp3) is 0.400. The molecule has 2 aliphatic rings. The van der Waals surface area contributed by atoms with Crippen LogP contribution in [0.4, 0.5) is 4.39 Å². The Labute approximate surface area is 126 Å². The Morgan fingerprint density at radius 3 is 2.90 bits per heavy atom. The SMILES string of the molecule is Fc1ncc(C2CC3CCC2N3)cc1-c1csc(Cl)c1. The number of nitrogens with one attached hydrogen (secondary N) is 1. The van der Waals surface area contributed by atoms with E-state index in [4.69, 9.17) is 11.6 Å². The van der Waals surface area contributed by atoms with Gasteiger partial charge in [0.25, 0.3) is 0 Å². The third-order valence-electron chi connectivity index (χ3n) is 4.47. The van der Waals surface area contributed by atoms with E-state index in [1.165, 1.54) is 24.2 Å². The highest BCUT2D eigenvalue weighted by atomic mass is 35.5. The zero-order valence-corrected chi connectivity index (χ0v) is 12.3. The van der Waals surface area contributed by atoms with Crippen molar-refractivity contribution in [3.8, 4) is 11.1 Å². The monoisotopic (exact) mass is 308 g/mol. The van der Waals surface area contributed by atoms with Crippen LogP contribution in [0.5, 0.6) is 0 Å². The lowest BCUT2D eigenvalue weighted by Crippen LogP contribution is -2.21. The van der Waals surface area contributed by atoms with Crippen LogP contribution in [0.3, 0.4) is 0 Å². The van der Waals surface area contributed by atoms with Crippen molar-refractivity contribution >= 4 is 22.9 Å². The minimum atomic E-state index is -0.417. The van der Waals surface area contributed by atoms with Crippen molar-refractivity contribution in [2.45, 2.75) is 37.3 Å². The Kier molecular flexibility index (Phi) is 3.05. The first-order chi connectivity index (χ1) is 9.70. The molecule has 20 heavy (non-hydrogen) atoms. The van der Waals surface area contributed by atoms with Gasteiger partial charge in [-0.15, -0.1) is 11.3 Å². The van der Waals surface area contributed by atoms with Crippen LogP contribution < -0.4 is 5.32 Å². The quantitative estimate of drug-likeness (QED) is 0.841. The molecule has 0 radical (unpaired) electrons. The number of hydrogen-bond acceptors (Lipinski definition) is 3. The number of pyridine rings is 1. The molecule has 0 aliphatic carbocycles. The van der Waals surface area contributed by atoms with Crippen LogP contribution >= 0.6 is 22.9 Å². The van der Waals surface area contributed by atoms with Gasteiger partial charge in [0, 0.05) is 35.1 Å². The lowest BCUT2D eigenvalue weighted by Gasteiger charge is -2.20. The maximum absolute atomic E-state index is 14.0. The Morgan fingerprint density at radius 2 is 2.25 bits per heavy atom. The molecule has 2 saturated heterocycles. The van der Waals surface area contributed by atoms with Crippen molar-refractivity contribution < 1.29 is 4.39 Å². The van der Waals surface area contributed by atoms with Crippen LogP contribution in [0, 0.1) is 5.95 Å². The Hall–Kier alpha value is -0.970. The van der Waals surface area contributed by atoms with Crippen LogP contribution in [-0.4, -0.2) is 17.1 Å². The standard InChI is InChI=1S/C15H14ClFN2S/c16-14-4-9(7-20-14)12-3-8(6-18-15(12)17)11-5-10-1-2-13(11)19-10/h3-4,6-7,10-11,13,19H,1-2,5H2. The van der Waals surface area contributed by atoms with Gasteiger partial charge in [-0.25, -0.2) is 4.98 Å². The summed E-state index contributed by atoms with van der Waals surface area (Å²) < 4.78 is 14.6. The highest BCUT2D eigenvalue weighted by Crippen LogP contribution is 2.41. The van der Waals surface area contributed by atoms with E-state index >= 15 is 0 Å². The van der Waals surface area contributed by atoms with Gasteiger partial charge in [0.1, 0.15) is 0 Å². The predicted molar refractivity (Wildman–Crippen MR) is 79.8 cm³/mol. The summed E-state index contributed by atoms with van der Waals surface area (Å²) in [6, 6.07) is 4.92. The predicted octanol–water partition coefficient (Wildman–Crippen LogP) is 4.21. The van der Waals surface area contributed by atoms with E-state index in [1.807, 2.05) is 11.4 Å². The molecule has 0 aromatic carbocycles. The van der Waals surface area contributed by atoms with E-state index in [-0.39, 0.29) is 0 Å². The largest absolute Gasteiger partial charge is 0.311 e. The summed E-state index contributed by atoms with van der Waals surface area (Å²) in [5, 5.41) is 5.49. The van der Waals surface area contributed by atoms with Gasteiger partial charge in [-0.2, -0.15) is 4.39 Å². The van der Waals surface area contributed by atoms with Gasteiger partial charge in [0.05, 0.1) is 4.34 Å². The number of rotatable bonds is 2. The fourth-order valence-electron chi connectivity index (χ4n) is 3.51. The molecule has 2 fully saturated rings. The molecule has 2 aliphatic heterocycles. The van der Waals surface area contributed by atoms with E-state index < -0.39 is 5.95 Å². The molecule has 5 heteroatoms. The number of aromatic nitrogens is 1. The van der Waals surface area contributed by atoms with E-state index in [0.717, 1.165) is 17.5 Å². The first kappa shape index (κ1) is 12.7. The molecule has 4 heterocycles. The number of fused-ring (bicyclic) bond motifs is 2. The topological polar surface area (TPSA) is 24.9 Å². The molecule has 2 aromatic heterocycles. The highest BCUT2D eigenvalue weighted by molar-refractivity contribution is 7.14. The summed E-state index contributed by atoms with van der Waals surface area (Å²) in [6.07, 6.45) is 5.32. The first-order valence-corrected chi connectivity index (χ1v) is 8.12. The molecule has 0 saturated carbocycles. The minimum Gasteiger partial charge on any atom is -0.311 e. The zero-order chi connectivity index (χ0) is 13.7. The normalized spacial score (nSPS) is 28.2. The number of thiophene rings is 1. The first-order valence-electron chi connectivity index (χ1n) is 6.86. The van der Waals surface area contributed by atoms with Crippen molar-refractivity contribution in [3.63, 3.8) is 0 Å². The van der Waals surface area contributed by atoms with Gasteiger partial charge in [0.2, 0.25) is 5.95 Å². The Bertz CT molecular complexity index is 657. The molecule has 2 bridgehead atoms. The molecule has 1 N–H and O–H groups in total. The van der Waals surface area contributed by atoms with Gasteiger partial charge >= 0.3 is 0 Å². The molecule has 4 rings (SSSR count). The molecular formula is C15H14ClFN2S. The molecule has 104 valence electrons. The smallest absolute Gasteiger partial charge is 0.220 e. The van der Waals surface area contributed by atoms with Gasteiger partial charge in [-0.05, 0) is 42.5 Å². The number of hydrogen-bond donors (Lipinski definition) is 1. The summed E-state index contributed by atoms with van der Waals surface area (Å²) in [6.45, 7) is 0. The highest BCUT2D eigenvalue weighted by Gasteiger charge is 2.39. The maximum atomic E-state index is 14.0. The zero-order valence-electron chi connectivity index (χ0n) is 10.8. The van der Waals surface area contributed by atoms with Crippen molar-refractivity contribution in [2.24, 2.45) is 0 Å². The van der Waals surface area contributed by atoms with Crippen molar-refractivity contribution in [1.82, 2.24) is 10.3 Å². The number of nitrogens with zero attached hydrogens (tertiary/aromatic N) is 1. The summed E-state index contributed by atoms with van der Waals surface area (Å²) in [5.74, 6) is 0.0500. The molecule has 2 nitrogen and oxygen atoms in total. The van der Waals surface area contributed by atoms with Gasteiger partial charge in [-0.1, -0.05) is 11.6 Å². The van der Waals surface area contributed by atoms with E-state index in [0.29, 0.717) is 27.9 Å². The molecule has 2 aromatic rings. The lowest BCUT2D eigenvalue weighted by atomic mass is 9.84. The third-order valence-corrected chi connectivity index (χ3v) is 5.56. The summed E-state index contributed by atoms with van der Waals surface area (Å²) in [7, 11) is 0. The van der Waals surface area contributed by atoms with Crippen molar-refractivity contribution in [2.75, 3.05) is 0 Å². The van der Waals surface area contributed by atoms with Crippen molar-refractivity contribution in [3.05, 3.63) is 39.6 Å². The Morgan fingerprint density at radius 1 is 1.35 bits per heavy atom. The fourth-order valence-corrected chi connectivity index (χ4v) is 4.39. The van der Waals surface area contributed by atoms with Gasteiger partial charge < -0.3 is 5.32 Å². The maximum Gasteiger partial charge on any atom is 0.220 e. The number of halogens is 2. The van der Waals surface area contributed by atoms with Gasteiger partial charge in [0.15, 0.2) is 0 Å². The van der Waals surface area contributed by atoms with Crippen LogP contribution in [0.15, 0.2) is 23.7 Å². The molecule has 0 amide bonds. The van der Waals surface area contributed by atoms with E-state index in [9.17, 15) is 4.39 Å². The molecular weight excluding hydrogens is 295 g/mol. The van der Waals surface area contributed by atoms with Crippen LogP contribution in [-0.2, 0) is 0 Å². The van der Waals surface area contributed by atoms with Gasteiger partial charge in [-0.3, -0.25) is 0 Å². The lowest BCUT2D eigenvalue weighted by molar-refractivity contribution is 0.502. The van der Waals surface area contributed by atoms with Crippen LogP contribution in [0.25, 0.3) is 11.1 Å². The second-order valence-corrected chi connectivity index (χ2v) is 7.18. The van der Waals surface area contributed by atoms with Crippen molar-refractivity contribution in [1.29, 1.82) is 0 Å². The van der Waals surface area contributed by atoms with E-state index in [1.54, 1.807) is 12.3 Å². The molecule has 0 spiro atoms. The summed E-state index contributed by atoms with van der Waals surface area (Å²) in [4.78, 5) is 3.96. The Balaban J connectivity index is 1.72. The van der Waals surface area contributed by atoms with Crippen LogP contribution in [0.1, 0.15) is 30.7 Å². The average Bonchev–Trinajstić information content (AvgIpc) is 3.15. The molecule has 3 unspecified atom stereocenters. The molecule has 3 atom stereocenters. The van der Waals surface area contributed by atoms with E-state index in [2.05, 4.69) is 10.3 Å². The average molecular weight is 309 g/mol.